The van der Waals surface area contributed by atoms with Gasteiger partial charge in [-0.05, 0) is 18.9 Å². The van der Waals surface area contributed by atoms with Crippen LogP contribution >= 0.6 is 0 Å². The summed E-state index contributed by atoms with van der Waals surface area (Å²) in [6, 6.07) is 5.78. The van der Waals surface area contributed by atoms with Crippen LogP contribution in [-0.2, 0) is 11.2 Å². The van der Waals surface area contributed by atoms with Crippen molar-refractivity contribution in [2.45, 2.75) is 25.8 Å². The SMILES string of the molecule is CCc1ccc(C(=O)NC(C#N)C2CCOC2)cc1[N+](=O)[O-]. The van der Waals surface area contributed by atoms with Crippen molar-refractivity contribution in [3.8, 4) is 6.07 Å². The van der Waals surface area contributed by atoms with Crippen LogP contribution in [0.5, 0.6) is 0 Å². The highest BCUT2D eigenvalue weighted by Gasteiger charge is 2.27. The summed E-state index contributed by atoms with van der Waals surface area (Å²) in [7, 11) is 0. The molecule has 1 aromatic rings. The fraction of sp³-hybridized carbons (Fsp3) is 0.467. The van der Waals surface area contributed by atoms with Crippen LogP contribution in [0.4, 0.5) is 5.69 Å². The molecule has 7 nitrogen and oxygen atoms in total. The Balaban J connectivity index is 2.16. The largest absolute Gasteiger partial charge is 0.381 e. The van der Waals surface area contributed by atoms with E-state index in [-0.39, 0.29) is 17.2 Å². The van der Waals surface area contributed by atoms with Gasteiger partial charge in [-0.1, -0.05) is 13.0 Å². The molecule has 2 unspecified atom stereocenters. The van der Waals surface area contributed by atoms with Crippen molar-refractivity contribution in [1.82, 2.24) is 5.32 Å². The second kappa shape index (κ2) is 7.00. The molecule has 0 radical (unpaired) electrons. The number of carbonyl (C=O) groups excluding carboxylic acids is 1. The number of ether oxygens (including phenoxy) is 1. The summed E-state index contributed by atoms with van der Waals surface area (Å²) in [5.74, 6) is -0.525. The van der Waals surface area contributed by atoms with E-state index in [1.165, 1.54) is 6.07 Å². The molecular formula is C15H17N3O4. The highest BCUT2D eigenvalue weighted by molar-refractivity contribution is 5.95. The van der Waals surface area contributed by atoms with Gasteiger partial charge in [0.15, 0.2) is 0 Å². The minimum absolute atomic E-state index is 0.0427. The zero-order valence-corrected chi connectivity index (χ0v) is 12.2. The number of amides is 1. The van der Waals surface area contributed by atoms with E-state index >= 15 is 0 Å². The lowest BCUT2D eigenvalue weighted by Gasteiger charge is -2.16. The van der Waals surface area contributed by atoms with E-state index in [4.69, 9.17) is 4.74 Å². The lowest BCUT2D eigenvalue weighted by Crippen LogP contribution is -2.39. The topological polar surface area (TPSA) is 105 Å². The third kappa shape index (κ3) is 3.40. The normalized spacial score (nSPS) is 18.5. The molecule has 1 aliphatic heterocycles. The predicted molar refractivity (Wildman–Crippen MR) is 78.3 cm³/mol. The summed E-state index contributed by atoms with van der Waals surface area (Å²) in [5, 5.41) is 22.9. The first kappa shape index (κ1) is 15.9. The van der Waals surface area contributed by atoms with E-state index in [2.05, 4.69) is 11.4 Å². The molecular weight excluding hydrogens is 286 g/mol. The van der Waals surface area contributed by atoms with Crippen LogP contribution in [0, 0.1) is 27.4 Å². The van der Waals surface area contributed by atoms with Gasteiger partial charge in [-0.3, -0.25) is 14.9 Å². The molecule has 22 heavy (non-hydrogen) atoms. The molecule has 0 saturated carbocycles. The van der Waals surface area contributed by atoms with E-state index in [0.29, 0.717) is 31.6 Å². The van der Waals surface area contributed by atoms with Crippen LogP contribution in [0.1, 0.15) is 29.3 Å². The van der Waals surface area contributed by atoms with Gasteiger partial charge in [-0.25, -0.2) is 0 Å². The maximum atomic E-state index is 12.2. The van der Waals surface area contributed by atoms with E-state index in [1.54, 1.807) is 12.1 Å². The smallest absolute Gasteiger partial charge is 0.273 e. The second-order valence-corrected chi connectivity index (χ2v) is 5.16. The molecule has 1 aromatic carbocycles. The molecule has 7 heteroatoms. The third-order valence-corrected chi connectivity index (χ3v) is 3.79. The zero-order chi connectivity index (χ0) is 16.1. The lowest BCUT2D eigenvalue weighted by atomic mass is 9.99. The van der Waals surface area contributed by atoms with Gasteiger partial charge >= 0.3 is 0 Å². The van der Waals surface area contributed by atoms with Crippen LogP contribution in [0.2, 0.25) is 0 Å². The molecule has 1 N–H and O–H groups in total. The molecule has 0 aromatic heterocycles. The predicted octanol–water partition coefficient (Wildman–Crippen LogP) is 1.82. The number of nitrogens with zero attached hydrogens (tertiary/aromatic N) is 2. The molecule has 2 atom stereocenters. The lowest BCUT2D eigenvalue weighted by molar-refractivity contribution is -0.385. The molecule has 1 fully saturated rings. The van der Waals surface area contributed by atoms with Crippen molar-refractivity contribution in [2.75, 3.05) is 13.2 Å². The number of nitro benzene ring substituents is 1. The maximum absolute atomic E-state index is 12.2. The highest BCUT2D eigenvalue weighted by Crippen LogP contribution is 2.22. The number of hydrogen-bond donors (Lipinski definition) is 1. The molecule has 1 amide bonds. The van der Waals surface area contributed by atoms with Crippen molar-refractivity contribution in [3.05, 3.63) is 39.4 Å². The molecule has 1 saturated heterocycles. The van der Waals surface area contributed by atoms with Gasteiger partial charge in [0, 0.05) is 29.7 Å². The Morgan fingerprint density at radius 2 is 2.41 bits per heavy atom. The zero-order valence-electron chi connectivity index (χ0n) is 12.2. The fourth-order valence-corrected chi connectivity index (χ4v) is 2.47. The van der Waals surface area contributed by atoms with Crippen molar-refractivity contribution < 1.29 is 14.5 Å². The van der Waals surface area contributed by atoms with Crippen LogP contribution in [0.15, 0.2) is 18.2 Å². The molecule has 1 heterocycles. The fourth-order valence-electron chi connectivity index (χ4n) is 2.47. The number of nitrogens with one attached hydrogen (secondary N) is 1. The minimum Gasteiger partial charge on any atom is -0.381 e. The van der Waals surface area contributed by atoms with Gasteiger partial charge in [0.25, 0.3) is 11.6 Å². The van der Waals surface area contributed by atoms with Crippen LogP contribution < -0.4 is 5.32 Å². The Hall–Kier alpha value is -2.46. The van der Waals surface area contributed by atoms with E-state index in [1.807, 2.05) is 6.92 Å². The number of carbonyl (C=O) groups is 1. The number of benzene rings is 1. The number of hydrogen-bond acceptors (Lipinski definition) is 5. The molecule has 0 spiro atoms. The van der Waals surface area contributed by atoms with Gasteiger partial charge in [0.2, 0.25) is 0 Å². The van der Waals surface area contributed by atoms with Crippen LogP contribution in [-0.4, -0.2) is 30.1 Å². The van der Waals surface area contributed by atoms with E-state index in [9.17, 15) is 20.2 Å². The quantitative estimate of drug-likeness (QED) is 0.659. The monoisotopic (exact) mass is 303 g/mol. The molecule has 116 valence electrons. The van der Waals surface area contributed by atoms with E-state index < -0.39 is 16.9 Å². The number of nitriles is 1. The minimum atomic E-state index is -0.653. The van der Waals surface area contributed by atoms with Crippen molar-refractivity contribution >= 4 is 11.6 Å². The first-order valence-electron chi connectivity index (χ1n) is 7.12. The Kier molecular flexibility index (Phi) is 5.07. The van der Waals surface area contributed by atoms with Gasteiger partial charge in [-0.15, -0.1) is 0 Å². The first-order chi connectivity index (χ1) is 10.6. The summed E-state index contributed by atoms with van der Waals surface area (Å²) < 4.78 is 5.22. The Labute approximate surface area is 128 Å². The van der Waals surface area contributed by atoms with E-state index in [0.717, 1.165) is 0 Å². The maximum Gasteiger partial charge on any atom is 0.273 e. The van der Waals surface area contributed by atoms with Crippen LogP contribution in [0.25, 0.3) is 0 Å². The number of nitro groups is 1. The number of rotatable bonds is 5. The summed E-state index contributed by atoms with van der Waals surface area (Å²) in [6.45, 7) is 2.83. The van der Waals surface area contributed by atoms with Gasteiger partial charge in [-0.2, -0.15) is 5.26 Å². The molecule has 0 bridgehead atoms. The van der Waals surface area contributed by atoms with Gasteiger partial charge in [0.1, 0.15) is 6.04 Å². The summed E-state index contributed by atoms with van der Waals surface area (Å²) in [6.07, 6.45) is 1.23. The van der Waals surface area contributed by atoms with Gasteiger partial charge in [0.05, 0.1) is 17.6 Å². The third-order valence-electron chi connectivity index (χ3n) is 3.79. The molecule has 0 aliphatic carbocycles. The van der Waals surface area contributed by atoms with Crippen molar-refractivity contribution in [2.24, 2.45) is 5.92 Å². The first-order valence-corrected chi connectivity index (χ1v) is 7.12. The summed E-state index contributed by atoms with van der Waals surface area (Å²) in [4.78, 5) is 22.8. The Bertz CT molecular complexity index is 618. The van der Waals surface area contributed by atoms with Crippen molar-refractivity contribution in [3.63, 3.8) is 0 Å². The summed E-state index contributed by atoms with van der Waals surface area (Å²) >= 11 is 0. The van der Waals surface area contributed by atoms with Crippen LogP contribution in [0.3, 0.4) is 0 Å². The molecule has 2 rings (SSSR count). The number of aryl methyl sites for hydroxylation is 1. The van der Waals surface area contributed by atoms with Crippen molar-refractivity contribution in [1.29, 1.82) is 5.26 Å². The standard InChI is InChI=1S/C15H17N3O4/c1-2-10-3-4-11(7-14(10)18(20)21)15(19)17-13(8-16)12-5-6-22-9-12/h3-4,7,12-13H,2,5-6,9H2,1H3,(H,17,19). The Morgan fingerprint density at radius 1 is 1.64 bits per heavy atom. The summed E-state index contributed by atoms with van der Waals surface area (Å²) in [5.41, 5.74) is 0.679. The van der Waals surface area contributed by atoms with Gasteiger partial charge < -0.3 is 10.1 Å². The average Bonchev–Trinajstić information content (AvgIpc) is 3.05. The Morgan fingerprint density at radius 3 is 2.95 bits per heavy atom. The average molecular weight is 303 g/mol. The second-order valence-electron chi connectivity index (χ2n) is 5.16. The highest BCUT2D eigenvalue weighted by atomic mass is 16.6. The molecule has 1 aliphatic rings.